The zero-order valence-electron chi connectivity index (χ0n) is 17.5. The molecule has 3 heterocycles. The van der Waals surface area contributed by atoms with Crippen molar-refractivity contribution in [2.45, 2.75) is 47.8 Å². The molecule has 1 aromatic heterocycles. The van der Waals surface area contributed by atoms with Crippen LogP contribution in [0.1, 0.15) is 26.5 Å². The number of nitrogens with zero attached hydrogens (tertiary/aromatic N) is 2. The minimum atomic E-state index is -1.15. The van der Waals surface area contributed by atoms with Crippen LogP contribution in [0.2, 0.25) is 4.47 Å². The summed E-state index contributed by atoms with van der Waals surface area (Å²) in [6.45, 7) is 5.84. The highest BCUT2D eigenvalue weighted by Crippen LogP contribution is 2.47. The monoisotopic (exact) mass is 538 g/mol. The summed E-state index contributed by atoms with van der Waals surface area (Å²) < 4.78 is 6.33. The van der Waals surface area contributed by atoms with Crippen molar-refractivity contribution in [2.75, 3.05) is 18.1 Å². The minimum absolute atomic E-state index is 0.0184. The molecule has 1 aromatic rings. The van der Waals surface area contributed by atoms with E-state index in [4.69, 9.17) is 22.1 Å². The SMILES string of the molecule is CC(C)(C)OC(=O)NCCSCc1nc(Cl)sc1SC1=C(C(=O)O)N2C(=O)[C@@H](N)[C@@H]2SC1. The molecule has 1 fully saturated rings. The number of aliphatic carboxylic acids is 1. The van der Waals surface area contributed by atoms with Gasteiger partial charge < -0.3 is 20.9 Å². The van der Waals surface area contributed by atoms with Crippen molar-refractivity contribution >= 4 is 76.2 Å². The van der Waals surface area contributed by atoms with Gasteiger partial charge in [-0.2, -0.15) is 11.8 Å². The van der Waals surface area contributed by atoms with Crippen molar-refractivity contribution < 1.29 is 24.2 Å². The number of hydrogen-bond acceptors (Lipinski definition) is 10. The molecule has 0 aliphatic carbocycles. The molecule has 9 nitrogen and oxygen atoms in total. The lowest BCUT2D eigenvalue weighted by Crippen LogP contribution is -2.68. The molecule has 0 saturated carbocycles. The van der Waals surface area contributed by atoms with Gasteiger partial charge in [0.15, 0.2) is 4.47 Å². The van der Waals surface area contributed by atoms with Crippen LogP contribution in [-0.2, 0) is 20.1 Å². The van der Waals surface area contributed by atoms with Crippen LogP contribution in [0.4, 0.5) is 4.79 Å². The number of hydrogen-bond donors (Lipinski definition) is 3. The molecule has 14 heteroatoms. The zero-order chi connectivity index (χ0) is 23.6. The number of aromatic nitrogens is 1. The summed E-state index contributed by atoms with van der Waals surface area (Å²) in [7, 11) is 0. The molecule has 0 unspecified atom stereocenters. The van der Waals surface area contributed by atoms with Crippen LogP contribution in [0.15, 0.2) is 14.8 Å². The fraction of sp³-hybridized carbons (Fsp3) is 0.556. The lowest BCUT2D eigenvalue weighted by atomic mass is 10.1. The fourth-order valence-corrected chi connectivity index (χ4v) is 7.89. The number of nitrogens with two attached hydrogens (primary N) is 1. The average Bonchev–Trinajstić information content (AvgIpc) is 3.04. The average molecular weight is 539 g/mol. The van der Waals surface area contributed by atoms with Crippen LogP contribution < -0.4 is 11.1 Å². The largest absolute Gasteiger partial charge is 0.477 e. The number of alkyl carbamates (subject to hydrolysis) is 1. The van der Waals surface area contributed by atoms with Gasteiger partial charge in [0.05, 0.1) is 9.90 Å². The van der Waals surface area contributed by atoms with Crippen molar-refractivity contribution in [1.29, 1.82) is 0 Å². The maximum absolute atomic E-state index is 12.1. The van der Waals surface area contributed by atoms with Gasteiger partial charge in [0.25, 0.3) is 0 Å². The number of thiazole rings is 1. The predicted molar refractivity (Wildman–Crippen MR) is 129 cm³/mol. The van der Waals surface area contributed by atoms with E-state index >= 15 is 0 Å². The Kier molecular flexibility index (Phi) is 8.31. The first-order valence-electron chi connectivity index (χ1n) is 9.52. The van der Waals surface area contributed by atoms with E-state index in [2.05, 4.69) is 10.3 Å². The first kappa shape index (κ1) is 25.5. The molecule has 0 bridgehead atoms. The van der Waals surface area contributed by atoms with E-state index < -0.39 is 23.7 Å². The van der Waals surface area contributed by atoms with E-state index in [0.717, 1.165) is 9.90 Å². The third-order valence-electron chi connectivity index (χ3n) is 4.18. The summed E-state index contributed by atoms with van der Waals surface area (Å²) in [6, 6.07) is -0.667. The quantitative estimate of drug-likeness (QED) is 0.334. The summed E-state index contributed by atoms with van der Waals surface area (Å²) in [6.07, 6.45) is -0.465. The van der Waals surface area contributed by atoms with Crippen molar-refractivity contribution in [3.63, 3.8) is 0 Å². The van der Waals surface area contributed by atoms with Crippen LogP contribution in [0, 0.1) is 0 Å². The molecular weight excluding hydrogens is 516 g/mol. The number of β-lactam (4-membered cyclic amide) rings is 1. The summed E-state index contributed by atoms with van der Waals surface area (Å²) in [5.74, 6) is 0.0852. The van der Waals surface area contributed by atoms with E-state index in [-0.39, 0.29) is 17.0 Å². The molecule has 3 rings (SSSR count). The number of ether oxygens (including phenoxy) is 1. The second-order valence-electron chi connectivity index (χ2n) is 7.80. The van der Waals surface area contributed by atoms with Crippen LogP contribution in [0.25, 0.3) is 0 Å². The van der Waals surface area contributed by atoms with Gasteiger partial charge in [-0.3, -0.25) is 9.69 Å². The number of halogens is 1. The van der Waals surface area contributed by atoms with Crippen LogP contribution in [-0.4, -0.2) is 68.0 Å². The van der Waals surface area contributed by atoms with Gasteiger partial charge >= 0.3 is 12.1 Å². The molecule has 4 N–H and O–H groups in total. The number of carbonyl (C=O) groups is 3. The molecule has 1 saturated heterocycles. The summed E-state index contributed by atoms with van der Waals surface area (Å²) in [5.41, 5.74) is 5.97. The highest BCUT2D eigenvalue weighted by molar-refractivity contribution is 8.07. The Hall–Kier alpha value is -1.12. The number of carboxylic acids is 1. The second kappa shape index (κ2) is 10.4. The predicted octanol–water partition coefficient (Wildman–Crippen LogP) is 3.19. The third kappa shape index (κ3) is 6.06. The fourth-order valence-electron chi connectivity index (χ4n) is 2.87. The first-order valence-corrected chi connectivity index (χ1v) is 13.7. The Morgan fingerprint density at radius 3 is 2.81 bits per heavy atom. The van der Waals surface area contributed by atoms with Crippen LogP contribution in [0.3, 0.4) is 0 Å². The number of fused-ring (bicyclic) bond motifs is 1. The van der Waals surface area contributed by atoms with E-state index in [0.29, 0.717) is 33.2 Å². The van der Waals surface area contributed by atoms with Crippen molar-refractivity contribution in [3.8, 4) is 0 Å². The Morgan fingerprint density at radius 1 is 1.44 bits per heavy atom. The standard InChI is InChI=1S/C18H23ClN4O5S4/c1-18(2,3)28-17(27)21-4-5-29-6-8-15(32-16(19)22-8)31-9-7-30-13-10(20)12(24)23(13)11(9)14(25)26/h10,13H,4-7,20H2,1-3H3,(H,21,27)(H,25,26)/t10-,13+/m1/s1. The zero-order valence-corrected chi connectivity index (χ0v) is 21.6. The molecule has 2 aliphatic rings. The normalized spacial score (nSPS) is 20.7. The summed E-state index contributed by atoms with van der Waals surface area (Å²) >= 11 is 11.7. The van der Waals surface area contributed by atoms with Crippen molar-refractivity contribution in [3.05, 3.63) is 20.8 Å². The number of carboxylic acid groups (broad SMARTS) is 1. The van der Waals surface area contributed by atoms with Gasteiger partial charge in [-0.25, -0.2) is 14.6 Å². The number of carbonyl (C=O) groups excluding carboxylic acids is 2. The highest BCUT2D eigenvalue weighted by Gasteiger charge is 2.52. The Bertz CT molecular complexity index is 948. The van der Waals surface area contributed by atoms with Crippen LogP contribution >= 0.6 is 58.2 Å². The molecule has 2 amide bonds. The molecule has 176 valence electrons. The number of thioether (sulfide) groups is 3. The summed E-state index contributed by atoms with van der Waals surface area (Å²) in [4.78, 5) is 41.9. The van der Waals surface area contributed by atoms with Gasteiger partial charge in [-0.1, -0.05) is 34.7 Å². The molecule has 0 spiro atoms. The molecule has 2 atom stereocenters. The summed E-state index contributed by atoms with van der Waals surface area (Å²) in [5, 5.41) is 12.1. The topological polar surface area (TPSA) is 135 Å². The van der Waals surface area contributed by atoms with Crippen molar-refractivity contribution in [1.82, 2.24) is 15.2 Å². The van der Waals surface area contributed by atoms with Crippen LogP contribution in [0.5, 0.6) is 0 Å². The third-order valence-corrected chi connectivity index (χ3v) is 9.14. The van der Waals surface area contributed by atoms with Gasteiger partial charge in [-0.15, -0.1) is 11.8 Å². The maximum Gasteiger partial charge on any atom is 0.407 e. The smallest absolute Gasteiger partial charge is 0.407 e. The van der Waals surface area contributed by atoms with E-state index in [1.165, 1.54) is 39.8 Å². The lowest BCUT2D eigenvalue weighted by Gasteiger charge is -2.47. The lowest BCUT2D eigenvalue weighted by molar-refractivity contribution is -0.147. The highest BCUT2D eigenvalue weighted by atomic mass is 35.5. The Balaban J connectivity index is 1.60. The molecule has 2 aliphatic heterocycles. The number of nitrogens with one attached hydrogen (secondary N) is 1. The maximum atomic E-state index is 12.1. The first-order chi connectivity index (χ1) is 15.0. The molecular formula is C18H23ClN4O5S4. The molecule has 0 aromatic carbocycles. The number of amides is 2. The number of rotatable bonds is 8. The Morgan fingerprint density at radius 2 is 2.16 bits per heavy atom. The van der Waals surface area contributed by atoms with E-state index in [9.17, 15) is 19.5 Å². The molecule has 32 heavy (non-hydrogen) atoms. The molecule has 0 radical (unpaired) electrons. The van der Waals surface area contributed by atoms with Crippen molar-refractivity contribution in [2.24, 2.45) is 5.73 Å². The van der Waals surface area contributed by atoms with Gasteiger partial charge in [0, 0.05) is 28.7 Å². The van der Waals surface area contributed by atoms with Gasteiger partial charge in [-0.05, 0) is 20.8 Å². The van der Waals surface area contributed by atoms with Gasteiger partial charge in [0.2, 0.25) is 5.91 Å². The minimum Gasteiger partial charge on any atom is -0.477 e. The van der Waals surface area contributed by atoms with Gasteiger partial charge in [0.1, 0.15) is 22.7 Å². The van der Waals surface area contributed by atoms with E-state index in [1.807, 2.05) is 0 Å². The Labute approximate surface area is 207 Å². The second-order valence-corrected chi connectivity index (χ2v) is 13.0. The van der Waals surface area contributed by atoms with E-state index in [1.54, 1.807) is 32.5 Å².